The van der Waals surface area contributed by atoms with Crippen molar-refractivity contribution < 1.29 is 0 Å². The molecule has 2 N–H and O–H groups in total. The summed E-state index contributed by atoms with van der Waals surface area (Å²) in [6.45, 7) is 9.36. The highest BCUT2D eigenvalue weighted by molar-refractivity contribution is 6.32. The van der Waals surface area contributed by atoms with E-state index >= 15 is 0 Å². The molecule has 1 aliphatic carbocycles. The van der Waals surface area contributed by atoms with Gasteiger partial charge in [0.2, 0.25) is 0 Å². The lowest BCUT2D eigenvalue weighted by molar-refractivity contribution is 0.576. The van der Waals surface area contributed by atoms with E-state index in [1.165, 1.54) is 48.0 Å². The van der Waals surface area contributed by atoms with Crippen LogP contribution in [0.25, 0.3) is 10.9 Å². The lowest BCUT2D eigenvalue weighted by Gasteiger charge is -2.14. The molecule has 118 valence electrons. The van der Waals surface area contributed by atoms with Crippen molar-refractivity contribution in [3.05, 3.63) is 46.8 Å². The van der Waals surface area contributed by atoms with Gasteiger partial charge in [0.25, 0.3) is 0 Å². The molecule has 2 aromatic rings. The third kappa shape index (κ3) is 3.17. The fourth-order valence-corrected chi connectivity index (χ4v) is 3.79. The van der Waals surface area contributed by atoms with Crippen LogP contribution in [0.5, 0.6) is 0 Å². The Morgan fingerprint density at radius 3 is 2.73 bits per heavy atom. The van der Waals surface area contributed by atoms with Crippen molar-refractivity contribution in [2.75, 3.05) is 0 Å². The van der Waals surface area contributed by atoms with Crippen molar-refractivity contribution >= 4 is 22.5 Å². The Morgan fingerprint density at radius 2 is 2.05 bits per heavy atom. The van der Waals surface area contributed by atoms with E-state index in [0.717, 1.165) is 17.1 Å². The van der Waals surface area contributed by atoms with Gasteiger partial charge in [-0.1, -0.05) is 44.9 Å². The molecule has 3 heteroatoms. The van der Waals surface area contributed by atoms with Gasteiger partial charge in [-0.2, -0.15) is 0 Å². The van der Waals surface area contributed by atoms with Crippen LogP contribution in [-0.4, -0.2) is 4.98 Å². The first-order chi connectivity index (χ1) is 10.5. The summed E-state index contributed by atoms with van der Waals surface area (Å²) < 4.78 is 0. The van der Waals surface area contributed by atoms with E-state index in [0.29, 0.717) is 11.8 Å². The molecule has 1 aromatic carbocycles. The van der Waals surface area contributed by atoms with Gasteiger partial charge in [0.05, 0.1) is 6.54 Å². The molecule has 0 amide bonds. The van der Waals surface area contributed by atoms with Gasteiger partial charge in [-0.05, 0) is 48.4 Å². The van der Waals surface area contributed by atoms with Gasteiger partial charge in [0.15, 0.2) is 0 Å². The van der Waals surface area contributed by atoms with Crippen LogP contribution < -0.4 is 5.32 Å². The molecular formula is C19H25ClN2. The zero-order valence-corrected chi connectivity index (χ0v) is 14.3. The highest BCUT2D eigenvalue weighted by atomic mass is 35.5. The fourth-order valence-electron chi connectivity index (χ4n) is 3.39. The lowest BCUT2D eigenvalue weighted by Crippen LogP contribution is -2.17. The summed E-state index contributed by atoms with van der Waals surface area (Å²) in [5.74, 6) is 1.09. The Labute approximate surface area is 137 Å². The van der Waals surface area contributed by atoms with Gasteiger partial charge < -0.3 is 10.3 Å². The monoisotopic (exact) mass is 316 g/mol. The molecule has 3 rings (SSSR count). The predicted octanol–water partition coefficient (Wildman–Crippen LogP) is 5.74. The minimum Gasteiger partial charge on any atom is -0.383 e. The minimum absolute atomic E-state index is 0.434. The van der Waals surface area contributed by atoms with Crippen molar-refractivity contribution in [2.45, 2.75) is 52.0 Å². The number of aromatic nitrogens is 1. The Kier molecular flexibility index (Phi) is 4.49. The molecule has 1 heterocycles. The standard InChI is InChI=1S/C19H25ClN2/c1-12(2)17-10-19-15(9-18(17)20)8-16(22-19)11-21-13(3)14-6-4-5-7-14/h8-10,12,14,21-22H,3-7,11H2,1-2H3. The van der Waals surface area contributed by atoms with Crippen LogP contribution in [0.15, 0.2) is 30.5 Å². The number of halogens is 1. The average molecular weight is 317 g/mol. The molecule has 0 aliphatic heterocycles. The number of nitrogens with one attached hydrogen (secondary N) is 2. The summed E-state index contributed by atoms with van der Waals surface area (Å²) in [5.41, 5.74) is 4.74. The maximum absolute atomic E-state index is 6.38. The predicted molar refractivity (Wildman–Crippen MR) is 95.3 cm³/mol. The summed E-state index contributed by atoms with van der Waals surface area (Å²) >= 11 is 6.38. The van der Waals surface area contributed by atoms with Crippen LogP contribution in [0, 0.1) is 5.92 Å². The first-order valence-corrected chi connectivity index (χ1v) is 8.66. The van der Waals surface area contributed by atoms with Crippen LogP contribution in [0.2, 0.25) is 5.02 Å². The zero-order valence-electron chi connectivity index (χ0n) is 13.5. The molecule has 0 atom stereocenters. The second kappa shape index (κ2) is 6.37. The van der Waals surface area contributed by atoms with Gasteiger partial charge in [0, 0.05) is 27.3 Å². The molecule has 1 saturated carbocycles. The maximum Gasteiger partial charge on any atom is 0.0548 e. The number of hydrogen-bond donors (Lipinski definition) is 2. The normalized spacial score (nSPS) is 15.8. The van der Waals surface area contributed by atoms with Crippen LogP contribution >= 0.6 is 11.6 Å². The Bertz CT molecular complexity index is 678. The van der Waals surface area contributed by atoms with E-state index in [2.05, 4.69) is 48.9 Å². The van der Waals surface area contributed by atoms with E-state index in [1.807, 2.05) is 0 Å². The third-order valence-corrected chi connectivity index (χ3v) is 5.10. The van der Waals surface area contributed by atoms with E-state index in [9.17, 15) is 0 Å². The summed E-state index contributed by atoms with van der Waals surface area (Å²) in [6, 6.07) is 6.43. The van der Waals surface area contributed by atoms with Crippen molar-refractivity contribution in [1.82, 2.24) is 10.3 Å². The van der Waals surface area contributed by atoms with Gasteiger partial charge in [0.1, 0.15) is 0 Å². The average Bonchev–Trinajstić information content (AvgIpc) is 3.12. The van der Waals surface area contributed by atoms with Crippen molar-refractivity contribution in [3.8, 4) is 0 Å². The van der Waals surface area contributed by atoms with Gasteiger partial charge in [-0.15, -0.1) is 0 Å². The topological polar surface area (TPSA) is 27.8 Å². The number of fused-ring (bicyclic) bond motifs is 1. The number of benzene rings is 1. The summed E-state index contributed by atoms with van der Waals surface area (Å²) in [4.78, 5) is 3.50. The second-order valence-corrected chi connectivity index (χ2v) is 7.18. The van der Waals surface area contributed by atoms with Crippen LogP contribution in [0.4, 0.5) is 0 Å². The van der Waals surface area contributed by atoms with Gasteiger partial charge >= 0.3 is 0 Å². The number of allylic oxidation sites excluding steroid dienone is 1. The van der Waals surface area contributed by atoms with Crippen molar-refractivity contribution in [1.29, 1.82) is 0 Å². The molecule has 1 fully saturated rings. The molecule has 1 aromatic heterocycles. The van der Waals surface area contributed by atoms with Crippen LogP contribution in [-0.2, 0) is 6.54 Å². The molecule has 0 saturated heterocycles. The Balaban J connectivity index is 1.73. The minimum atomic E-state index is 0.434. The molecule has 0 unspecified atom stereocenters. The van der Waals surface area contributed by atoms with Gasteiger partial charge in [-0.25, -0.2) is 0 Å². The molecule has 1 aliphatic rings. The highest BCUT2D eigenvalue weighted by Crippen LogP contribution is 2.31. The van der Waals surface area contributed by atoms with E-state index < -0.39 is 0 Å². The largest absolute Gasteiger partial charge is 0.383 e. The molecule has 0 bridgehead atoms. The SMILES string of the molecule is C=C(NCc1cc2cc(Cl)c(C(C)C)cc2[nH]1)C1CCCC1. The van der Waals surface area contributed by atoms with E-state index in [-0.39, 0.29) is 0 Å². The smallest absolute Gasteiger partial charge is 0.0548 e. The third-order valence-electron chi connectivity index (χ3n) is 4.77. The molecule has 2 nitrogen and oxygen atoms in total. The number of H-pyrrole nitrogens is 1. The molecular weight excluding hydrogens is 292 g/mol. The quantitative estimate of drug-likeness (QED) is 0.723. The Hall–Kier alpha value is -1.41. The Morgan fingerprint density at radius 1 is 1.32 bits per heavy atom. The van der Waals surface area contributed by atoms with E-state index in [4.69, 9.17) is 11.6 Å². The molecule has 0 spiro atoms. The summed E-state index contributed by atoms with van der Waals surface area (Å²) in [5, 5.41) is 5.53. The van der Waals surface area contributed by atoms with Crippen LogP contribution in [0.1, 0.15) is 56.7 Å². The number of rotatable bonds is 5. The number of hydrogen-bond acceptors (Lipinski definition) is 1. The molecule has 22 heavy (non-hydrogen) atoms. The summed E-state index contributed by atoms with van der Waals surface area (Å²) in [6.07, 6.45) is 5.25. The lowest BCUT2D eigenvalue weighted by atomic mass is 10.0. The summed E-state index contributed by atoms with van der Waals surface area (Å²) in [7, 11) is 0. The second-order valence-electron chi connectivity index (χ2n) is 6.77. The van der Waals surface area contributed by atoms with Crippen LogP contribution in [0.3, 0.4) is 0 Å². The van der Waals surface area contributed by atoms with Gasteiger partial charge in [-0.3, -0.25) is 0 Å². The van der Waals surface area contributed by atoms with Crippen molar-refractivity contribution in [2.24, 2.45) is 5.92 Å². The first-order valence-electron chi connectivity index (χ1n) is 8.28. The maximum atomic E-state index is 6.38. The highest BCUT2D eigenvalue weighted by Gasteiger charge is 2.17. The van der Waals surface area contributed by atoms with Crippen molar-refractivity contribution in [3.63, 3.8) is 0 Å². The fraction of sp³-hybridized carbons (Fsp3) is 0.474. The zero-order chi connectivity index (χ0) is 15.7. The van der Waals surface area contributed by atoms with E-state index in [1.54, 1.807) is 0 Å². The molecule has 0 radical (unpaired) electrons. The number of aromatic amines is 1. The first kappa shape index (κ1) is 15.5.